The maximum Gasteiger partial charge on any atom is 0.0524 e. The van der Waals surface area contributed by atoms with E-state index >= 15 is 0 Å². The molecule has 0 aliphatic heterocycles. The Morgan fingerprint density at radius 3 is 2.32 bits per heavy atom. The Bertz CT molecular complexity index is 235. The van der Waals surface area contributed by atoms with Crippen molar-refractivity contribution in [3.63, 3.8) is 0 Å². The lowest BCUT2D eigenvalue weighted by molar-refractivity contribution is 0.0302. The van der Waals surface area contributed by atoms with Crippen molar-refractivity contribution in [3.05, 3.63) is 0 Å². The molecule has 19 heavy (non-hydrogen) atoms. The Balaban J connectivity index is 2.66. The van der Waals surface area contributed by atoms with Crippen molar-refractivity contribution in [2.75, 3.05) is 19.6 Å². The standard InChI is InChI=1S/C16H34N2O/c1-4-11-18(12-8-14(3)19)16(13-17)9-6-15(5-2)7-10-16/h14-15,19H,4-13,17H2,1-3H3. The van der Waals surface area contributed by atoms with Crippen molar-refractivity contribution < 1.29 is 5.11 Å². The zero-order valence-electron chi connectivity index (χ0n) is 13.2. The molecule has 0 saturated heterocycles. The number of aliphatic hydroxyl groups excluding tert-OH is 1. The molecule has 0 spiro atoms. The second kappa shape index (κ2) is 8.23. The SMILES string of the molecule is CCCN(CCC(C)O)C1(CN)CCC(CC)CC1. The summed E-state index contributed by atoms with van der Waals surface area (Å²) in [7, 11) is 0. The number of hydrogen-bond donors (Lipinski definition) is 2. The first-order valence-corrected chi connectivity index (χ1v) is 8.21. The number of rotatable bonds is 8. The summed E-state index contributed by atoms with van der Waals surface area (Å²) >= 11 is 0. The van der Waals surface area contributed by atoms with Gasteiger partial charge in [0.05, 0.1) is 6.10 Å². The average Bonchev–Trinajstić information content (AvgIpc) is 2.43. The van der Waals surface area contributed by atoms with Gasteiger partial charge in [0.25, 0.3) is 0 Å². The van der Waals surface area contributed by atoms with Gasteiger partial charge in [-0.3, -0.25) is 4.90 Å². The van der Waals surface area contributed by atoms with E-state index in [0.717, 1.165) is 32.0 Å². The van der Waals surface area contributed by atoms with Crippen LogP contribution >= 0.6 is 0 Å². The van der Waals surface area contributed by atoms with Gasteiger partial charge in [-0.25, -0.2) is 0 Å². The van der Waals surface area contributed by atoms with E-state index in [4.69, 9.17) is 5.73 Å². The summed E-state index contributed by atoms with van der Waals surface area (Å²) in [4.78, 5) is 2.58. The fraction of sp³-hybridized carbons (Fsp3) is 1.00. The molecule has 1 fully saturated rings. The molecule has 0 aromatic carbocycles. The summed E-state index contributed by atoms with van der Waals surface area (Å²) in [6.45, 7) is 9.28. The van der Waals surface area contributed by atoms with E-state index in [1.807, 2.05) is 6.92 Å². The van der Waals surface area contributed by atoms with E-state index in [1.54, 1.807) is 0 Å². The van der Waals surface area contributed by atoms with Crippen LogP contribution < -0.4 is 5.73 Å². The minimum atomic E-state index is -0.207. The van der Waals surface area contributed by atoms with E-state index in [-0.39, 0.29) is 11.6 Å². The Morgan fingerprint density at radius 1 is 1.26 bits per heavy atom. The molecule has 3 N–H and O–H groups in total. The van der Waals surface area contributed by atoms with E-state index < -0.39 is 0 Å². The Labute approximate surface area is 119 Å². The number of aliphatic hydroxyl groups is 1. The summed E-state index contributed by atoms with van der Waals surface area (Å²) in [5, 5.41) is 9.55. The summed E-state index contributed by atoms with van der Waals surface area (Å²) in [5.41, 5.74) is 6.36. The molecule has 0 aromatic rings. The summed E-state index contributed by atoms with van der Waals surface area (Å²) < 4.78 is 0. The minimum Gasteiger partial charge on any atom is -0.393 e. The predicted molar refractivity (Wildman–Crippen MR) is 82.2 cm³/mol. The highest BCUT2D eigenvalue weighted by Gasteiger charge is 2.38. The van der Waals surface area contributed by atoms with Crippen LogP contribution in [0.25, 0.3) is 0 Å². The predicted octanol–water partition coefficient (Wildman–Crippen LogP) is 2.77. The largest absolute Gasteiger partial charge is 0.393 e. The van der Waals surface area contributed by atoms with Crippen LogP contribution in [0.3, 0.4) is 0 Å². The number of nitrogens with zero attached hydrogens (tertiary/aromatic N) is 1. The zero-order valence-corrected chi connectivity index (χ0v) is 13.2. The third-order valence-electron chi connectivity index (χ3n) is 4.97. The summed E-state index contributed by atoms with van der Waals surface area (Å²) in [5.74, 6) is 0.903. The van der Waals surface area contributed by atoms with Gasteiger partial charge in [-0.15, -0.1) is 0 Å². The zero-order chi connectivity index (χ0) is 14.3. The van der Waals surface area contributed by atoms with E-state index in [0.29, 0.717) is 0 Å². The normalized spacial score (nSPS) is 29.7. The molecule has 0 amide bonds. The highest BCUT2D eigenvalue weighted by atomic mass is 16.3. The monoisotopic (exact) mass is 270 g/mol. The van der Waals surface area contributed by atoms with Crippen LogP contribution in [0.5, 0.6) is 0 Å². The molecule has 1 rings (SSSR count). The van der Waals surface area contributed by atoms with Gasteiger partial charge in [0.1, 0.15) is 0 Å². The molecule has 0 aromatic heterocycles. The molecule has 1 aliphatic rings. The van der Waals surface area contributed by atoms with Crippen LogP contribution in [-0.4, -0.2) is 41.3 Å². The quantitative estimate of drug-likeness (QED) is 0.713. The molecule has 1 unspecified atom stereocenters. The van der Waals surface area contributed by atoms with Crippen molar-refractivity contribution in [1.82, 2.24) is 4.90 Å². The third kappa shape index (κ3) is 4.73. The molecule has 1 saturated carbocycles. The van der Waals surface area contributed by atoms with E-state index in [9.17, 15) is 5.11 Å². The first-order valence-electron chi connectivity index (χ1n) is 8.21. The molecule has 1 atom stereocenters. The van der Waals surface area contributed by atoms with Gasteiger partial charge < -0.3 is 10.8 Å². The molecule has 114 valence electrons. The van der Waals surface area contributed by atoms with Gasteiger partial charge in [0.15, 0.2) is 0 Å². The molecule has 3 heteroatoms. The minimum absolute atomic E-state index is 0.205. The van der Waals surface area contributed by atoms with Crippen LogP contribution in [0, 0.1) is 5.92 Å². The van der Waals surface area contributed by atoms with E-state index in [1.165, 1.54) is 38.5 Å². The fourth-order valence-electron chi connectivity index (χ4n) is 3.47. The maximum atomic E-state index is 9.55. The van der Waals surface area contributed by atoms with Gasteiger partial charge >= 0.3 is 0 Å². The van der Waals surface area contributed by atoms with Gasteiger partial charge in [-0.2, -0.15) is 0 Å². The summed E-state index contributed by atoms with van der Waals surface area (Å²) in [6, 6.07) is 0. The first-order chi connectivity index (χ1) is 9.07. The molecule has 0 heterocycles. The second-order valence-corrected chi connectivity index (χ2v) is 6.40. The first kappa shape index (κ1) is 16.9. The topological polar surface area (TPSA) is 49.5 Å². The van der Waals surface area contributed by atoms with Crippen LogP contribution in [0.4, 0.5) is 0 Å². The van der Waals surface area contributed by atoms with Crippen molar-refractivity contribution >= 4 is 0 Å². The number of hydrogen-bond acceptors (Lipinski definition) is 3. The molecule has 1 aliphatic carbocycles. The average molecular weight is 270 g/mol. The van der Waals surface area contributed by atoms with E-state index in [2.05, 4.69) is 18.7 Å². The highest BCUT2D eigenvalue weighted by Crippen LogP contribution is 2.37. The molecular weight excluding hydrogens is 236 g/mol. The van der Waals surface area contributed by atoms with Crippen molar-refractivity contribution in [2.45, 2.75) is 77.4 Å². The third-order valence-corrected chi connectivity index (χ3v) is 4.97. The van der Waals surface area contributed by atoms with Gasteiger partial charge in [0, 0.05) is 18.6 Å². The molecule has 0 radical (unpaired) electrons. The van der Waals surface area contributed by atoms with Crippen LogP contribution in [0.15, 0.2) is 0 Å². The molecule has 0 bridgehead atoms. The Kier molecular flexibility index (Phi) is 7.33. The molecular formula is C16H34N2O. The van der Waals surface area contributed by atoms with Crippen LogP contribution in [0.1, 0.15) is 65.7 Å². The van der Waals surface area contributed by atoms with Gasteiger partial charge in [-0.05, 0) is 57.9 Å². The van der Waals surface area contributed by atoms with Gasteiger partial charge in [0.2, 0.25) is 0 Å². The maximum absolute atomic E-state index is 9.55. The smallest absolute Gasteiger partial charge is 0.0524 e. The highest BCUT2D eigenvalue weighted by molar-refractivity contribution is 4.95. The van der Waals surface area contributed by atoms with Crippen LogP contribution in [-0.2, 0) is 0 Å². The van der Waals surface area contributed by atoms with Crippen molar-refractivity contribution in [2.24, 2.45) is 11.7 Å². The van der Waals surface area contributed by atoms with Crippen molar-refractivity contribution in [3.8, 4) is 0 Å². The lowest BCUT2D eigenvalue weighted by atomic mass is 9.74. The van der Waals surface area contributed by atoms with Gasteiger partial charge in [-0.1, -0.05) is 20.3 Å². The lowest BCUT2D eigenvalue weighted by Crippen LogP contribution is -2.56. The van der Waals surface area contributed by atoms with Crippen molar-refractivity contribution in [1.29, 1.82) is 0 Å². The Morgan fingerprint density at radius 2 is 1.89 bits per heavy atom. The lowest BCUT2D eigenvalue weighted by Gasteiger charge is -2.48. The fourth-order valence-corrected chi connectivity index (χ4v) is 3.47. The van der Waals surface area contributed by atoms with Crippen LogP contribution in [0.2, 0.25) is 0 Å². The summed E-state index contributed by atoms with van der Waals surface area (Å²) in [6.07, 6.45) is 8.25. The second-order valence-electron chi connectivity index (χ2n) is 6.40. The Hall–Kier alpha value is -0.120. The molecule has 3 nitrogen and oxygen atoms in total. The number of nitrogens with two attached hydrogens (primary N) is 1.